The van der Waals surface area contributed by atoms with Gasteiger partial charge in [-0.3, -0.25) is 0 Å². The van der Waals surface area contributed by atoms with Crippen LogP contribution in [0.3, 0.4) is 0 Å². The zero-order chi connectivity index (χ0) is 6.95. The van der Waals surface area contributed by atoms with Crippen LogP contribution in [0, 0.1) is 6.61 Å². The Bertz CT molecular complexity index is 42.2. The fourth-order valence-electron chi connectivity index (χ4n) is 0.551. The van der Waals surface area contributed by atoms with Gasteiger partial charge in [-0.1, -0.05) is 6.92 Å². The Morgan fingerprint density at radius 2 is 2.22 bits per heavy atom. The van der Waals surface area contributed by atoms with E-state index in [1.807, 2.05) is 6.92 Å². The van der Waals surface area contributed by atoms with Crippen molar-refractivity contribution >= 4 is 0 Å². The summed E-state index contributed by atoms with van der Waals surface area (Å²) in [7, 11) is 0. The van der Waals surface area contributed by atoms with Crippen LogP contribution in [-0.2, 0) is 4.74 Å². The molecule has 0 aromatic rings. The van der Waals surface area contributed by atoms with E-state index in [-0.39, 0.29) is 0 Å². The average molecular weight is 130 g/mol. The van der Waals surface area contributed by atoms with Crippen LogP contribution in [0.5, 0.6) is 0 Å². The molecular formula is C7H16NO. The molecule has 0 aromatic carbocycles. The third kappa shape index (κ3) is 7.92. The van der Waals surface area contributed by atoms with Crippen LogP contribution in [0.2, 0.25) is 0 Å². The van der Waals surface area contributed by atoms with Gasteiger partial charge in [0.2, 0.25) is 0 Å². The molecular weight excluding hydrogens is 114 g/mol. The molecule has 1 N–H and O–H groups in total. The lowest BCUT2D eigenvalue weighted by molar-refractivity contribution is 0.205. The third-order valence-electron chi connectivity index (χ3n) is 0.990. The second kappa shape index (κ2) is 7.92. The summed E-state index contributed by atoms with van der Waals surface area (Å²) in [5, 5.41) is 3.22. The predicted octanol–water partition coefficient (Wildman–Crippen LogP) is 1.18. The lowest BCUT2D eigenvalue weighted by Crippen LogP contribution is -2.19. The molecule has 0 aliphatic rings. The smallest absolute Gasteiger partial charge is 0.0806 e. The maximum absolute atomic E-state index is 4.99. The lowest BCUT2D eigenvalue weighted by Gasteiger charge is -2.00. The second-order valence-corrected chi connectivity index (χ2v) is 1.86. The van der Waals surface area contributed by atoms with Crippen molar-refractivity contribution in [2.75, 3.05) is 19.7 Å². The van der Waals surface area contributed by atoms with E-state index in [0.29, 0.717) is 0 Å². The Balaban J connectivity index is 2.60. The fraction of sp³-hybridized carbons (Fsp3) is 0.857. The van der Waals surface area contributed by atoms with E-state index in [2.05, 4.69) is 12.2 Å². The van der Waals surface area contributed by atoms with Gasteiger partial charge in [0.05, 0.1) is 13.2 Å². The maximum Gasteiger partial charge on any atom is 0.0806 e. The Labute approximate surface area is 57.6 Å². The number of hydrogen-bond acceptors (Lipinski definition) is 2. The van der Waals surface area contributed by atoms with E-state index < -0.39 is 0 Å². The summed E-state index contributed by atoms with van der Waals surface area (Å²) in [5.74, 6) is 0. The molecule has 0 aliphatic carbocycles. The minimum absolute atomic E-state index is 0.788. The molecule has 0 saturated heterocycles. The van der Waals surface area contributed by atoms with Gasteiger partial charge < -0.3 is 10.1 Å². The normalized spacial score (nSPS) is 10.0. The fourth-order valence-corrected chi connectivity index (χ4v) is 0.551. The molecule has 0 saturated carbocycles. The van der Waals surface area contributed by atoms with E-state index in [1.165, 1.54) is 6.42 Å². The van der Waals surface area contributed by atoms with Crippen LogP contribution in [0.15, 0.2) is 0 Å². The highest BCUT2D eigenvalue weighted by Gasteiger charge is 1.83. The largest absolute Gasteiger partial charge is 0.375 e. The summed E-state index contributed by atoms with van der Waals surface area (Å²) >= 11 is 0. The van der Waals surface area contributed by atoms with Crippen LogP contribution in [0.4, 0.5) is 0 Å². The predicted molar refractivity (Wildman–Crippen MR) is 39.1 cm³/mol. The van der Waals surface area contributed by atoms with Crippen LogP contribution in [-0.4, -0.2) is 19.7 Å². The highest BCUT2D eigenvalue weighted by Crippen LogP contribution is 1.76. The molecule has 0 rings (SSSR count). The molecule has 0 unspecified atom stereocenters. The van der Waals surface area contributed by atoms with Crippen molar-refractivity contribution in [2.45, 2.75) is 20.3 Å². The van der Waals surface area contributed by atoms with Gasteiger partial charge in [-0.05, 0) is 19.9 Å². The van der Waals surface area contributed by atoms with Gasteiger partial charge in [-0.25, -0.2) is 0 Å². The van der Waals surface area contributed by atoms with Crippen molar-refractivity contribution in [2.24, 2.45) is 0 Å². The second-order valence-electron chi connectivity index (χ2n) is 1.86. The Morgan fingerprint density at radius 1 is 1.44 bits per heavy atom. The SMILES string of the molecule is C[CH]OCCNCCC. The molecule has 2 heteroatoms. The van der Waals surface area contributed by atoms with Crippen molar-refractivity contribution in [3.63, 3.8) is 0 Å². The first kappa shape index (κ1) is 8.92. The molecule has 0 spiro atoms. The van der Waals surface area contributed by atoms with Gasteiger partial charge in [0.1, 0.15) is 0 Å². The molecule has 2 nitrogen and oxygen atoms in total. The van der Waals surface area contributed by atoms with Gasteiger partial charge in [-0.2, -0.15) is 0 Å². The van der Waals surface area contributed by atoms with Gasteiger partial charge >= 0.3 is 0 Å². The Hall–Kier alpha value is -0.0800. The summed E-state index contributed by atoms with van der Waals surface area (Å²) < 4.78 is 4.99. The summed E-state index contributed by atoms with van der Waals surface area (Å²) in [4.78, 5) is 0. The summed E-state index contributed by atoms with van der Waals surface area (Å²) in [5.41, 5.74) is 0. The van der Waals surface area contributed by atoms with E-state index in [1.54, 1.807) is 6.61 Å². The summed E-state index contributed by atoms with van der Waals surface area (Å²) in [6.07, 6.45) is 1.19. The summed E-state index contributed by atoms with van der Waals surface area (Å²) in [6, 6.07) is 0. The molecule has 0 aliphatic heterocycles. The zero-order valence-corrected chi connectivity index (χ0v) is 6.31. The van der Waals surface area contributed by atoms with E-state index >= 15 is 0 Å². The van der Waals surface area contributed by atoms with Gasteiger partial charge in [-0.15, -0.1) is 0 Å². The molecule has 1 radical (unpaired) electrons. The first-order chi connectivity index (χ1) is 4.41. The molecule has 0 aromatic heterocycles. The monoisotopic (exact) mass is 130 g/mol. The average Bonchev–Trinajstić information content (AvgIpc) is 1.89. The number of rotatable bonds is 6. The quantitative estimate of drug-likeness (QED) is 0.545. The standard InChI is InChI=1S/C7H16NO/c1-3-5-8-6-7-9-4-2/h4,8H,3,5-7H2,1-2H3. The molecule has 0 atom stereocenters. The Kier molecular flexibility index (Phi) is 7.85. The summed E-state index contributed by atoms with van der Waals surface area (Å²) in [6.45, 7) is 8.59. The molecule has 0 amide bonds. The number of ether oxygens (including phenoxy) is 1. The van der Waals surface area contributed by atoms with Crippen molar-refractivity contribution in [1.29, 1.82) is 0 Å². The first-order valence-corrected chi connectivity index (χ1v) is 3.52. The van der Waals surface area contributed by atoms with E-state index in [9.17, 15) is 0 Å². The topological polar surface area (TPSA) is 21.3 Å². The lowest BCUT2D eigenvalue weighted by atomic mass is 10.5. The van der Waals surface area contributed by atoms with E-state index in [0.717, 1.165) is 19.7 Å². The minimum Gasteiger partial charge on any atom is -0.375 e. The zero-order valence-electron chi connectivity index (χ0n) is 6.31. The molecule has 0 heterocycles. The molecule has 55 valence electrons. The van der Waals surface area contributed by atoms with Crippen molar-refractivity contribution in [3.8, 4) is 0 Å². The van der Waals surface area contributed by atoms with Gasteiger partial charge in [0.25, 0.3) is 0 Å². The van der Waals surface area contributed by atoms with Crippen LogP contribution >= 0.6 is 0 Å². The highest BCUT2D eigenvalue weighted by atomic mass is 16.5. The van der Waals surface area contributed by atoms with Gasteiger partial charge in [0.15, 0.2) is 0 Å². The van der Waals surface area contributed by atoms with E-state index in [4.69, 9.17) is 4.74 Å². The Morgan fingerprint density at radius 3 is 2.78 bits per heavy atom. The molecule has 0 bridgehead atoms. The maximum atomic E-state index is 4.99. The molecule has 0 fully saturated rings. The van der Waals surface area contributed by atoms with Crippen molar-refractivity contribution < 1.29 is 4.74 Å². The first-order valence-electron chi connectivity index (χ1n) is 3.52. The highest BCUT2D eigenvalue weighted by molar-refractivity contribution is 4.44. The van der Waals surface area contributed by atoms with Crippen molar-refractivity contribution in [1.82, 2.24) is 5.32 Å². The van der Waals surface area contributed by atoms with Crippen LogP contribution < -0.4 is 5.32 Å². The van der Waals surface area contributed by atoms with Crippen LogP contribution in [0.1, 0.15) is 20.3 Å². The third-order valence-corrected chi connectivity index (χ3v) is 0.990. The molecule has 9 heavy (non-hydrogen) atoms. The van der Waals surface area contributed by atoms with Gasteiger partial charge in [0, 0.05) is 6.54 Å². The minimum atomic E-state index is 0.788. The number of nitrogens with one attached hydrogen (secondary N) is 1. The number of hydrogen-bond donors (Lipinski definition) is 1. The van der Waals surface area contributed by atoms with Crippen molar-refractivity contribution in [3.05, 3.63) is 6.61 Å². The van der Waals surface area contributed by atoms with Crippen LogP contribution in [0.25, 0.3) is 0 Å².